The number of alkyl halides is 3. The molecule has 2 aromatic rings. The fourth-order valence-electron chi connectivity index (χ4n) is 1.75. The van der Waals surface area contributed by atoms with Crippen molar-refractivity contribution in [3.63, 3.8) is 0 Å². The second kappa shape index (κ2) is 5.36. The Labute approximate surface area is 114 Å². The lowest BCUT2D eigenvalue weighted by molar-refractivity contribution is -0.137. The number of rotatable bonds is 2. The molecule has 0 bridgehead atoms. The Morgan fingerprint density at radius 3 is 2.45 bits per heavy atom. The molecule has 0 fully saturated rings. The monoisotopic (exact) mass is 279 g/mol. The summed E-state index contributed by atoms with van der Waals surface area (Å²) in [6.07, 6.45) is -3.23. The van der Waals surface area contributed by atoms with E-state index in [9.17, 15) is 18.3 Å². The molecule has 0 aliphatic heterocycles. The summed E-state index contributed by atoms with van der Waals surface area (Å²) in [5.41, 5.74) is 0.0318. The van der Waals surface area contributed by atoms with Crippen molar-refractivity contribution >= 4 is 11.9 Å². The van der Waals surface area contributed by atoms with Gasteiger partial charge in [0.2, 0.25) is 0 Å². The van der Waals surface area contributed by atoms with Crippen LogP contribution in [0.2, 0.25) is 0 Å². The lowest BCUT2D eigenvalue weighted by Crippen LogP contribution is -2.04. The van der Waals surface area contributed by atoms with E-state index < -0.39 is 11.7 Å². The van der Waals surface area contributed by atoms with Gasteiger partial charge in [0.05, 0.1) is 11.3 Å². The van der Waals surface area contributed by atoms with E-state index >= 15 is 0 Å². The quantitative estimate of drug-likeness (QED) is 0.808. The van der Waals surface area contributed by atoms with Gasteiger partial charge in [-0.25, -0.2) is 0 Å². The van der Waals surface area contributed by atoms with E-state index in [4.69, 9.17) is 0 Å². The number of aryl methyl sites for hydroxylation is 1. The van der Waals surface area contributed by atoms with Crippen molar-refractivity contribution in [2.24, 2.45) is 4.99 Å². The molecule has 0 aliphatic carbocycles. The second-order valence-corrected chi connectivity index (χ2v) is 4.29. The molecule has 2 rings (SSSR count). The Morgan fingerprint density at radius 1 is 1.05 bits per heavy atom. The summed E-state index contributed by atoms with van der Waals surface area (Å²) >= 11 is 0. The molecular formula is C15H12F3NO. The lowest BCUT2D eigenvalue weighted by Gasteiger charge is -2.09. The summed E-state index contributed by atoms with van der Waals surface area (Å²) in [5.74, 6) is 0.0146. The van der Waals surface area contributed by atoms with Crippen LogP contribution in [0.5, 0.6) is 5.75 Å². The molecule has 2 aromatic carbocycles. The Bertz CT molecular complexity index is 648. The molecule has 2 nitrogen and oxygen atoms in total. The number of hydrogen-bond donors (Lipinski definition) is 1. The van der Waals surface area contributed by atoms with Crippen LogP contribution in [0.25, 0.3) is 0 Å². The fraction of sp³-hybridized carbons (Fsp3) is 0.133. The highest BCUT2D eigenvalue weighted by atomic mass is 19.4. The van der Waals surface area contributed by atoms with Crippen molar-refractivity contribution in [3.05, 3.63) is 59.2 Å². The Morgan fingerprint density at radius 2 is 1.75 bits per heavy atom. The molecule has 104 valence electrons. The summed E-state index contributed by atoms with van der Waals surface area (Å²) in [6.45, 7) is 1.70. The SMILES string of the molecule is Cc1cccc(C=Nc2ccccc2C(F)(F)F)c1O. The highest BCUT2D eigenvalue weighted by Crippen LogP contribution is 2.36. The maximum atomic E-state index is 12.8. The molecule has 0 saturated carbocycles. The van der Waals surface area contributed by atoms with Gasteiger partial charge in [-0.3, -0.25) is 4.99 Å². The fourth-order valence-corrected chi connectivity index (χ4v) is 1.75. The molecule has 0 amide bonds. The van der Waals surface area contributed by atoms with Crippen molar-refractivity contribution in [1.82, 2.24) is 0 Å². The third kappa shape index (κ3) is 2.99. The summed E-state index contributed by atoms with van der Waals surface area (Å²) in [6, 6.07) is 10.0. The molecule has 0 aliphatic rings. The number of nitrogens with zero attached hydrogens (tertiary/aromatic N) is 1. The summed E-state index contributed by atoms with van der Waals surface area (Å²) in [7, 11) is 0. The van der Waals surface area contributed by atoms with Crippen LogP contribution in [0.15, 0.2) is 47.5 Å². The van der Waals surface area contributed by atoms with Crippen molar-refractivity contribution < 1.29 is 18.3 Å². The number of aliphatic imine (C=N–C) groups is 1. The normalized spacial score (nSPS) is 12.0. The molecule has 20 heavy (non-hydrogen) atoms. The first-order valence-electron chi connectivity index (χ1n) is 5.88. The van der Waals surface area contributed by atoms with Crippen LogP contribution in [0.4, 0.5) is 18.9 Å². The first kappa shape index (κ1) is 14.1. The van der Waals surface area contributed by atoms with Crippen LogP contribution in [-0.2, 0) is 6.18 Å². The summed E-state index contributed by atoms with van der Waals surface area (Å²) in [4.78, 5) is 3.84. The topological polar surface area (TPSA) is 32.6 Å². The minimum Gasteiger partial charge on any atom is -0.507 e. The van der Waals surface area contributed by atoms with Crippen molar-refractivity contribution in [2.75, 3.05) is 0 Å². The molecule has 0 radical (unpaired) electrons. The predicted octanol–water partition coefficient (Wildman–Crippen LogP) is 4.47. The van der Waals surface area contributed by atoms with E-state index in [1.165, 1.54) is 24.4 Å². The number of para-hydroxylation sites is 2. The van der Waals surface area contributed by atoms with E-state index in [0.717, 1.165) is 6.07 Å². The zero-order chi connectivity index (χ0) is 14.8. The van der Waals surface area contributed by atoms with Crippen LogP contribution in [0.1, 0.15) is 16.7 Å². The highest BCUT2D eigenvalue weighted by molar-refractivity contribution is 5.86. The average Bonchev–Trinajstić information content (AvgIpc) is 2.40. The second-order valence-electron chi connectivity index (χ2n) is 4.29. The van der Waals surface area contributed by atoms with Gasteiger partial charge >= 0.3 is 6.18 Å². The van der Waals surface area contributed by atoms with Gasteiger partial charge in [0, 0.05) is 11.8 Å². The number of benzene rings is 2. The first-order chi connectivity index (χ1) is 9.39. The van der Waals surface area contributed by atoms with Crippen LogP contribution < -0.4 is 0 Å². The van der Waals surface area contributed by atoms with E-state index in [-0.39, 0.29) is 11.4 Å². The van der Waals surface area contributed by atoms with Gasteiger partial charge in [-0.1, -0.05) is 24.3 Å². The Hall–Kier alpha value is -2.30. The first-order valence-corrected chi connectivity index (χ1v) is 5.88. The summed E-state index contributed by atoms with van der Waals surface area (Å²) in [5, 5.41) is 9.79. The maximum Gasteiger partial charge on any atom is 0.418 e. The zero-order valence-corrected chi connectivity index (χ0v) is 10.6. The van der Waals surface area contributed by atoms with Gasteiger partial charge in [-0.15, -0.1) is 0 Å². The average molecular weight is 279 g/mol. The highest BCUT2D eigenvalue weighted by Gasteiger charge is 2.32. The molecule has 0 aromatic heterocycles. The predicted molar refractivity (Wildman–Crippen MR) is 71.5 cm³/mol. The van der Waals surface area contributed by atoms with E-state index in [0.29, 0.717) is 11.1 Å². The summed E-state index contributed by atoms with van der Waals surface area (Å²) < 4.78 is 38.4. The maximum absolute atomic E-state index is 12.8. The van der Waals surface area contributed by atoms with E-state index in [1.807, 2.05) is 0 Å². The van der Waals surface area contributed by atoms with Crippen molar-refractivity contribution in [2.45, 2.75) is 13.1 Å². The molecular weight excluding hydrogens is 267 g/mol. The smallest absolute Gasteiger partial charge is 0.418 e. The third-order valence-electron chi connectivity index (χ3n) is 2.82. The van der Waals surface area contributed by atoms with Crippen molar-refractivity contribution in [1.29, 1.82) is 0 Å². The van der Waals surface area contributed by atoms with E-state index in [1.54, 1.807) is 25.1 Å². The number of phenols is 1. The van der Waals surface area contributed by atoms with Gasteiger partial charge in [0.1, 0.15) is 5.75 Å². The molecule has 0 saturated heterocycles. The van der Waals surface area contributed by atoms with Gasteiger partial charge in [0.25, 0.3) is 0 Å². The molecule has 0 atom stereocenters. The molecule has 0 heterocycles. The Kier molecular flexibility index (Phi) is 3.79. The third-order valence-corrected chi connectivity index (χ3v) is 2.82. The Balaban J connectivity index is 2.40. The molecule has 0 unspecified atom stereocenters. The minimum atomic E-state index is -4.46. The van der Waals surface area contributed by atoms with Gasteiger partial charge in [-0.2, -0.15) is 13.2 Å². The number of halogens is 3. The minimum absolute atomic E-state index is 0.0146. The largest absolute Gasteiger partial charge is 0.507 e. The van der Waals surface area contributed by atoms with Crippen molar-refractivity contribution in [3.8, 4) is 5.75 Å². The zero-order valence-electron chi connectivity index (χ0n) is 10.6. The van der Waals surface area contributed by atoms with Crippen LogP contribution >= 0.6 is 0 Å². The van der Waals surface area contributed by atoms with Gasteiger partial charge in [-0.05, 0) is 30.7 Å². The molecule has 1 N–H and O–H groups in total. The lowest BCUT2D eigenvalue weighted by atomic mass is 10.1. The van der Waals surface area contributed by atoms with Crippen LogP contribution in [0, 0.1) is 6.92 Å². The molecule has 5 heteroatoms. The van der Waals surface area contributed by atoms with Gasteiger partial charge in [0.15, 0.2) is 0 Å². The van der Waals surface area contributed by atoms with Crippen LogP contribution in [0.3, 0.4) is 0 Å². The number of hydrogen-bond acceptors (Lipinski definition) is 2. The number of phenolic OH excluding ortho intramolecular Hbond substituents is 1. The standard InChI is InChI=1S/C15H12F3NO/c1-10-5-4-6-11(14(10)20)9-19-13-8-3-2-7-12(13)15(16,17)18/h2-9,20H,1H3. The van der Waals surface area contributed by atoms with Crippen LogP contribution in [-0.4, -0.2) is 11.3 Å². The number of aromatic hydroxyl groups is 1. The van der Waals surface area contributed by atoms with E-state index in [2.05, 4.69) is 4.99 Å². The molecule has 0 spiro atoms. The van der Waals surface area contributed by atoms with Gasteiger partial charge < -0.3 is 5.11 Å².